The molecule has 2 atom stereocenters. The first-order valence-corrected chi connectivity index (χ1v) is 6.79. The maximum absolute atomic E-state index is 12.1. The molecule has 1 aliphatic rings. The molecule has 1 unspecified atom stereocenters. The lowest BCUT2D eigenvalue weighted by molar-refractivity contribution is -0.148. The van der Waals surface area contributed by atoms with E-state index in [4.69, 9.17) is 9.84 Å². The quantitative estimate of drug-likeness (QED) is 0.854. The first kappa shape index (κ1) is 15.3. The second kappa shape index (κ2) is 6.13. The van der Waals surface area contributed by atoms with Crippen molar-refractivity contribution in [3.05, 3.63) is 29.3 Å². The lowest BCUT2D eigenvalue weighted by Gasteiger charge is -2.21. The van der Waals surface area contributed by atoms with Crippen LogP contribution in [-0.2, 0) is 9.59 Å². The van der Waals surface area contributed by atoms with Crippen molar-refractivity contribution in [1.82, 2.24) is 4.90 Å². The van der Waals surface area contributed by atoms with Crippen LogP contribution in [0.25, 0.3) is 0 Å². The minimum absolute atomic E-state index is 0.0338. The number of aliphatic hydroxyl groups is 1. The van der Waals surface area contributed by atoms with Crippen molar-refractivity contribution >= 4 is 11.9 Å². The van der Waals surface area contributed by atoms with Crippen LogP contribution in [0.15, 0.2) is 18.2 Å². The highest BCUT2D eigenvalue weighted by Crippen LogP contribution is 2.20. The summed E-state index contributed by atoms with van der Waals surface area (Å²) in [6.45, 7) is 3.72. The molecule has 114 valence electrons. The van der Waals surface area contributed by atoms with Crippen LogP contribution in [0.1, 0.15) is 17.5 Å². The number of hydrogen-bond donors (Lipinski definition) is 2. The summed E-state index contributed by atoms with van der Waals surface area (Å²) in [5.41, 5.74) is 2.18. The highest BCUT2D eigenvalue weighted by atomic mass is 16.5. The zero-order chi connectivity index (χ0) is 15.6. The molecular formula is C15H19NO5. The van der Waals surface area contributed by atoms with E-state index in [1.54, 1.807) is 6.07 Å². The number of carbonyl (C=O) groups excluding carboxylic acids is 1. The number of carbonyl (C=O) groups is 2. The number of aliphatic carboxylic acids is 1. The predicted molar refractivity (Wildman–Crippen MR) is 75.2 cm³/mol. The van der Waals surface area contributed by atoms with Gasteiger partial charge in [0.2, 0.25) is 0 Å². The van der Waals surface area contributed by atoms with Crippen LogP contribution in [0, 0.1) is 13.8 Å². The number of carboxylic acid groups (broad SMARTS) is 1. The fourth-order valence-corrected chi connectivity index (χ4v) is 2.36. The minimum Gasteiger partial charge on any atom is -0.484 e. The van der Waals surface area contributed by atoms with E-state index >= 15 is 0 Å². The molecule has 1 saturated heterocycles. The lowest BCUT2D eigenvalue weighted by atomic mass is 10.1. The van der Waals surface area contributed by atoms with Gasteiger partial charge < -0.3 is 19.8 Å². The number of amides is 1. The maximum Gasteiger partial charge on any atom is 0.326 e. The van der Waals surface area contributed by atoms with Crippen LogP contribution in [0.5, 0.6) is 5.75 Å². The Bertz CT molecular complexity index is 557. The van der Waals surface area contributed by atoms with E-state index in [-0.39, 0.29) is 19.6 Å². The van der Waals surface area contributed by atoms with E-state index in [2.05, 4.69) is 0 Å². The average molecular weight is 293 g/mol. The normalized spacial score (nSPS) is 21.4. The SMILES string of the molecule is Cc1ccc(OCC(=O)N2CC(O)C[C@H]2C(=O)O)cc1C. The Morgan fingerprint density at radius 1 is 1.33 bits per heavy atom. The van der Waals surface area contributed by atoms with Gasteiger partial charge in [0.15, 0.2) is 6.61 Å². The van der Waals surface area contributed by atoms with Crippen molar-refractivity contribution in [3.63, 3.8) is 0 Å². The van der Waals surface area contributed by atoms with Gasteiger partial charge in [0.05, 0.1) is 6.10 Å². The number of carboxylic acids is 1. The zero-order valence-electron chi connectivity index (χ0n) is 12.1. The van der Waals surface area contributed by atoms with Gasteiger partial charge >= 0.3 is 5.97 Å². The van der Waals surface area contributed by atoms with Gasteiger partial charge in [0, 0.05) is 13.0 Å². The topological polar surface area (TPSA) is 87.1 Å². The van der Waals surface area contributed by atoms with Gasteiger partial charge in [0.25, 0.3) is 5.91 Å². The van der Waals surface area contributed by atoms with E-state index < -0.39 is 24.0 Å². The highest BCUT2D eigenvalue weighted by Gasteiger charge is 2.38. The first-order chi connectivity index (χ1) is 9.88. The molecule has 0 aliphatic carbocycles. The van der Waals surface area contributed by atoms with Crippen LogP contribution < -0.4 is 4.74 Å². The Morgan fingerprint density at radius 3 is 2.67 bits per heavy atom. The van der Waals surface area contributed by atoms with Crippen LogP contribution in [0.4, 0.5) is 0 Å². The molecule has 6 nitrogen and oxygen atoms in total. The molecule has 0 aromatic heterocycles. The third kappa shape index (κ3) is 3.52. The predicted octanol–water partition coefficient (Wildman–Crippen LogP) is 0.729. The van der Waals surface area contributed by atoms with Gasteiger partial charge in [-0.25, -0.2) is 4.79 Å². The molecule has 1 fully saturated rings. The molecule has 2 rings (SSSR count). The Hall–Kier alpha value is -2.08. The van der Waals surface area contributed by atoms with Crippen LogP contribution in [-0.4, -0.2) is 52.3 Å². The molecule has 1 aromatic rings. The molecule has 0 spiro atoms. The Labute approximate surface area is 122 Å². The van der Waals surface area contributed by atoms with Gasteiger partial charge in [-0.3, -0.25) is 4.79 Å². The van der Waals surface area contributed by atoms with E-state index in [9.17, 15) is 14.7 Å². The molecule has 6 heteroatoms. The molecule has 2 N–H and O–H groups in total. The van der Waals surface area contributed by atoms with E-state index in [0.29, 0.717) is 5.75 Å². The summed E-state index contributed by atoms with van der Waals surface area (Å²) < 4.78 is 5.41. The number of rotatable bonds is 4. The number of aliphatic hydroxyl groups excluding tert-OH is 1. The molecule has 1 aliphatic heterocycles. The Balaban J connectivity index is 1.97. The van der Waals surface area contributed by atoms with E-state index in [0.717, 1.165) is 16.0 Å². The van der Waals surface area contributed by atoms with Gasteiger partial charge in [-0.05, 0) is 37.1 Å². The first-order valence-electron chi connectivity index (χ1n) is 6.79. The van der Waals surface area contributed by atoms with Crippen LogP contribution in [0.2, 0.25) is 0 Å². The number of aryl methyl sites for hydroxylation is 2. The lowest BCUT2D eigenvalue weighted by Crippen LogP contribution is -2.42. The summed E-state index contributed by atoms with van der Waals surface area (Å²) >= 11 is 0. The van der Waals surface area contributed by atoms with Gasteiger partial charge in [-0.2, -0.15) is 0 Å². The second-order valence-corrected chi connectivity index (χ2v) is 5.32. The number of β-amino-alcohol motifs (C(OH)–C–C–N with tert-alkyl or cyclic N) is 1. The molecular weight excluding hydrogens is 274 g/mol. The zero-order valence-corrected chi connectivity index (χ0v) is 12.1. The third-order valence-electron chi connectivity index (χ3n) is 3.73. The molecule has 1 amide bonds. The summed E-state index contributed by atoms with van der Waals surface area (Å²) in [7, 11) is 0. The molecule has 0 radical (unpaired) electrons. The minimum atomic E-state index is -1.11. The van der Waals surface area contributed by atoms with Gasteiger partial charge in [-0.15, -0.1) is 0 Å². The molecule has 21 heavy (non-hydrogen) atoms. The summed E-state index contributed by atoms with van der Waals surface area (Å²) in [6, 6.07) is 4.52. The van der Waals surface area contributed by atoms with Crippen molar-refractivity contribution < 1.29 is 24.5 Å². The molecule has 0 bridgehead atoms. The summed E-state index contributed by atoms with van der Waals surface area (Å²) in [4.78, 5) is 24.3. The van der Waals surface area contributed by atoms with Crippen molar-refractivity contribution in [3.8, 4) is 5.75 Å². The standard InChI is InChI=1S/C15H19NO5/c1-9-3-4-12(5-10(9)2)21-8-14(18)16-7-11(17)6-13(16)15(19)20/h3-5,11,13,17H,6-8H2,1-2H3,(H,19,20)/t11?,13-/m0/s1. The number of hydrogen-bond acceptors (Lipinski definition) is 4. The number of nitrogens with zero attached hydrogens (tertiary/aromatic N) is 1. The van der Waals surface area contributed by atoms with Crippen LogP contribution >= 0.6 is 0 Å². The van der Waals surface area contributed by atoms with Crippen molar-refractivity contribution in [2.24, 2.45) is 0 Å². The second-order valence-electron chi connectivity index (χ2n) is 5.32. The molecule has 0 saturated carbocycles. The number of ether oxygens (including phenoxy) is 1. The van der Waals surface area contributed by atoms with Crippen molar-refractivity contribution in [1.29, 1.82) is 0 Å². The third-order valence-corrected chi connectivity index (χ3v) is 3.73. The fraction of sp³-hybridized carbons (Fsp3) is 0.467. The Morgan fingerprint density at radius 2 is 2.05 bits per heavy atom. The molecule has 1 aromatic carbocycles. The van der Waals surface area contributed by atoms with Crippen molar-refractivity contribution in [2.45, 2.75) is 32.4 Å². The fourth-order valence-electron chi connectivity index (χ4n) is 2.36. The van der Waals surface area contributed by atoms with Crippen LogP contribution in [0.3, 0.4) is 0 Å². The summed E-state index contributed by atoms with van der Waals surface area (Å²) in [5, 5.41) is 18.6. The number of likely N-dealkylation sites (tertiary alicyclic amines) is 1. The summed E-state index contributed by atoms with van der Waals surface area (Å²) in [5.74, 6) is -0.971. The number of benzene rings is 1. The van der Waals surface area contributed by atoms with E-state index in [1.165, 1.54) is 0 Å². The highest BCUT2D eigenvalue weighted by molar-refractivity contribution is 5.85. The van der Waals surface area contributed by atoms with Crippen molar-refractivity contribution in [2.75, 3.05) is 13.2 Å². The Kier molecular flexibility index (Phi) is 4.47. The molecule has 1 heterocycles. The van der Waals surface area contributed by atoms with Gasteiger partial charge in [0.1, 0.15) is 11.8 Å². The monoisotopic (exact) mass is 293 g/mol. The maximum atomic E-state index is 12.1. The smallest absolute Gasteiger partial charge is 0.326 e. The van der Waals surface area contributed by atoms with Gasteiger partial charge in [-0.1, -0.05) is 6.07 Å². The summed E-state index contributed by atoms with van der Waals surface area (Å²) in [6.07, 6.45) is -0.735. The van der Waals surface area contributed by atoms with E-state index in [1.807, 2.05) is 26.0 Å². The average Bonchev–Trinajstić information content (AvgIpc) is 2.82. The largest absolute Gasteiger partial charge is 0.484 e.